The first kappa shape index (κ1) is 57.9. The van der Waals surface area contributed by atoms with Crippen molar-refractivity contribution in [3.05, 3.63) is 154 Å². The van der Waals surface area contributed by atoms with Gasteiger partial charge in [-0.05, 0) is 82.6 Å². The highest BCUT2D eigenvalue weighted by molar-refractivity contribution is 5.80. The lowest BCUT2D eigenvalue weighted by Crippen LogP contribution is -2.14. The van der Waals surface area contributed by atoms with Crippen molar-refractivity contribution in [3.8, 4) is 23.0 Å². The van der Waals surface area contributed by atoms with Gasteiger partial charge in [0.2, 0.25) is 0 Å². The van der Waals surface area contributed by atoms with E-state index in [0.29, 0.717) is 72.7 Å². The summed E-state index contributed by atoms with van der Waals surface area (Å²) in [6.45, 7) is 10.7. The van der Waals surface area contributed by atoms with Crippen LogP contribution in [0, 0.1) is 0 Å². The van der Waals surface area contributed by atoms with Gasteiger partial charge in [-0.1, -0.05) is 174 Å². The standard InChI is InChI=1S/C63H80O10/c1-4-6-8-10-37-71-60-32-26-56(27-33-60)22-16-52-12-18-54(19-13-52)24-30-58-51-63(73-49-48-70-47-46-69-45-44-68-43-42-67-41-40-66-39-36-64)59(50-62(58)65-3)31-25-55-20-14-53(15-21-55)17-23-57-28-34-61(35-29-57)72-38-11-9-7-5-2/h12-35,50-51,64H,4-11,36-49H2,1-3H3/b22-16+,23-17+,30-24+,31-25+. The minimum atomic E-state index is 0.0117. The second kappa shape index (κ2) is 36.9. The average molecular weight is 997 g/mol. The fraction of sp³-hybridized carbons (Fsp3) is 0.397. The largest absolute Gasteiger partial charge is 0.496 e. The molecule has 0 fully saturated rings. The van der Waals surface area contributed by atoms with E-state index in [2.05, 4.69) is 135 Å². The smallest absolute Gasteiger partial charge is 0.127 e. The van der Waals surface area contributed by atoms with E-state index in [1.807, 2.05) is 36.4 Å². The van der Waals surface area contributed by atoms with E-state index >= 15 is 0 Å². The summed E-state index contributed by atoms with van der Waals surface area (Å²) in [5, 5.41) is 8.74. The van der Waals surface area contributed by atoms with Crippen molar-refractivity contribution in [2.45, 2.75) is 65.2 Å². The van der Waals surface area contributed by atoms with Crippen LogP contribution in [0.25, 0.3) is 48.6 Å². The molecule has 0 amide bonds. The van der Waals surface area contributed by atoms with Crippen molar-refractivity contribution in [1.82, 2.24) is 0 Å². The van der Waals surface area contributed by atoms with E-state index in [4.69, 9.17) is 47.7 Å². The summed E-state index contributed by atoms with van der Waals surface area (Å²) in [5.74, 6) is 3.28. The summed E-state index contributed by atoms with van der Waals surface area (Å²) in [7, 11) is 1.69. The predicted octanol–water partition coefficient (Wildman–Crippen LogP) is 13.7. The number of aliphatic hydroxyl groups excluding tert-OH is 1. The molecule has 0 aliphatic heterocycles. The van der Waals surface area contributed by atoms with Crippen LogP contribution in [0.2, 0.25) is 0 Å². The number of hydrogen-bond acceptors (Lipinski definition) is 10. The third kappa shape index (κ3) is 24.5. The molecule has 0 aromatic heterocycles. The Morgan fingerprint density at radius 2 is 0.644 bits per heavy atom. The predicted molar refractivity (Wildman–Crippen MR) is 300 cm³/mol. The fourth-order valence-electron chi connectivity index (χ4n) is 7.39. The molecule has 0 unspecified atom stereocenters. The molecule has 0 spiro atoms. The fourth-order valence-corrected chi connectivity index (χ4v) is 7.39. The molecule has 0 saturated heterocycles. The van der Waals surface area contributed by atoms with Crippen LogP contribution < -0.4 is 18.9 Å². The first-order valence-corrected chi connectivity index (χ1v) is 26.3. The van der Waals surface area contributed by atoms with Gasteiger partial charge in [-0.25, -0.2) is 0 Å². The molecular weight excluding hydrogens is 917 g/mol. The van der Waals surface area contributed by atoms with Crippen LogP contribution in [-0.4, -0.2) is 105 Å². The van der Waals surface area contributed by atoms with Crippen molar-refractivity contribution < 1.29 is 47.7 Å². The zero-order valence-corrected chi connectivity index (χ0v) is 43.7. The highest BCUT2D eigenvalue weighted by atomic mass is 16.6. The molecule has 392 valence electrons. The van der Waals surface area contributed by atoms with Gasteiger partial charge >= 0.3 is 0 Å². The number of rotatable bonds is 39. The van der Waals surface area contributed by atoms with Gasteiger partial charge in [0, 0.05) is 11.1 Å². The lowest BCUT2D eigenvalue weighted by Gasteiger charge is -2.14. The minimum Gasteiger partial charge on any atom is -0.496 e. The minimum absolute atomic E-state index is 0.0117. The average Bonchev–Trinajstić information content (AvgIpc) is 3.42. The van der Waals surface area contributed by atoms with Crippen molar-refractivity contribution in [2.75, 3.05) is 99.6 Å². The molecule has 73 heavy (non-hydrogen) atoms. The number of hydrogen-bond donors (Lipinski definition) is 1. The number of benzene rings is 5. The highest BCUT2D eigenvalue weighted by Crippen LogP contribution is 2.32. The Labute approximate surface area is 436 Å². The molecule has 5 aromatic carbocycles. The summed E-state index contributed by atoms with van der Waals surface area (Å²) in [6.07, 6.45) is 26.3. The summed E-state index contributed by atoms with van der Waals surface area (Å²) in [5.41, 5.74) is 8.37. The maximum absolute atomic E-state index is 8.74. The van der Waals surface area contributed by atoms with Crippen LogP contribution in [0.3, 0.4) is 0 Å². The monoisotopic (exact) mass is 997 g/mol. The van der Waals surface area contributed by atoms with Gasteiger partial charge in [-0.15, -0.1) is 0 Å². The molecule has 1 N–H and O–H groups in total. The Kier molecular flexibility index (Phi) is 29.2. The second-order valence-corrected chi connectivity index (χ2v) is 17.4. The quantitative estimate of drug-likeness (QED) is 0.0302. The van der Waals surface area contributed by atoms with Gasteiger partial charge in [0.05, 0.1) is 93.0 Å². The van der Waals surface area contributed by atoms with E-state index in [1.54, 1.807) is 7.11 Å². The van der Waals surface area contributed by atoms with Gasteiger partial charge in [0.25, 0.3) is 0 Å². The molecule has 0 aliphatic rings. The molecule has 0 heterocycles. The number of ether oxygens (including phenoxy) is 9. The van der Waals surface area contributed by atoms with Gasteiger partial charge in [0.15, 0.2) is 0 Å². The molecule has 0 radical (unpaired) electrons. The normalized spacial score (nSPS) is 11.7. The van der Waals surface area contributed by atoms with E-state index in [-0.39, 0.29) is 6.61 Å². The van der Waals surface area contributed by atoms with Crippen LogP contribution in [-0.2, 0) is 23.7 Å². The number of aliphatic hydroxyl groups is 1. The van der Waals surface area contributed by atoms with Crippen LogP contribution in [0.4, 0.5) is 0 Å². The Morgan fingerprint density at radius 1 is 0.329 bits per heavy atom. The summed E-state index contributed by atoms with van der Waals surface area (Å²) in [4.78, 5) is 0. The molecule has 0 atom stereocenters. The molecule has 5 aromatic rings. The van der Waals surface area contributed by atoms with Crippen molar-refractivity contribution in [2.24, 2.45) is 0 Å². The molecule has 0 saturated carbocycles. The van der Waals surface area contributed by atoms with Crippen molar-refractivity contribution in [1.29, 1.82) is 0 Å². The third-order valence-corrected chi connectivity index (χ3v) is 11.6. The number of methoxy groups -OCH3 is 1. The van der Waals surface area contributed by atoms with Crippen molar-refractivity contribution in [3.63, 3.8) is 0 Å². The highest BCUT2D eigenvalue weighted by Gasteiger charge is 2.10. The second-order valence-electron chi connectivity index (χ2n) is 17.4. The Bertz CT molecular complexity index is 2320. The van der Waals surface area contributed by atoms with E-state index < -0.39 is 0 Å². The first-order chi connectivity index (χ1) is 36.1. The van der Waals surface area contributed by atoms with Crippen LogP contribution in [0.1, 0.15) is 110 Å². The Morgan fingerprint density at radius 3 is 1.00 bits per heavy atom. The first-order valence-electron chi connectivity index (χ1n) is 26.3. The lowest BCUT2D eigenvalue weighted by atomic mass is 10.0. The molecular formula is C63H80O10. The summed E-state index contributed by atoms with van der Waals surface area (Å²) < 4.78 is 51.8. The maximum atomic E-state index is 8.74. The zero-order chi connectivity index (χ0) is 51.2. The van der Waals surface area contributed by atoms with E-state index in [9.17, 15) is 0 Å². The number of unbranched alkanes of at least 4 members (excludes halogenated alkanes) is 6. The molecule has 5 rings (SSSR count). The molecule has 10 heteroatoms. The van der Waals surface area contributed by atoms with Crippen LogP contribution in [0.15, 0.2) is 109 Å². The maximum Gasteiger partial charge on any atom is 0.127 e. The topological polar surface area (TPSA) is 103 Å². The Balaban J connectivity index is 1.16. The van der Waals surface area contributed by atoms with Crippen LogP contribution in [0.5, 0.6) is 23.0 Å². The molecule has 0 aliphatic carbocycles. The molecule has 0 bridgehead atoms. The van der Waals surface area contributed by atoms with E-state index in [0.717, 1.165) is 93.6 Å². The van der Waals surface area contributed by atoms with Crippen LogP contribution >= 0.6 is 0 Å². The molecule has 10 nitrogen and oxygen atoms in total. The van der Waals surface area contributed by atoms with E-state index in [1.165, 1.54) is 38.5 Å². The Hall–Kier alpha value is -5.98. The summed E-state index contributed by atoms with van der Waals surface area (Å²) in [6, 6.07) is 37.5. The van der Waals surface area contributed by atoms with Gasteiger partial charge < -0.3 is 47.7 Å². The van der Waals surface area contributed by atoms with Gasteiger partial charge in [0.1, 0.15) is 29.6 Å². The lowest BCUT2D eigenvalue weighted by molar-refractivity contribution is -0.0146. The summed E-state index contributed by atoms with van der Waals surface area (Å²) >= 11 is 0. The van der Waals surface area contributed by atoms with Gasteiger partial charge in [-0.2, -0.15) is 0 Å². The van der Waals surface area contributed by atoms with Gasteiger partial charge in [-0.3, -0.25) is 0 Å². The SMILES string of the molecule is CCCCCCOc1ccc(/C=C/c2ccc(/C=C/c3cc(OCCOCCOCCOCCOCCOCCO)c(/C=C/c4ccc(/C=C/c5ccc(OCCCCCC)cc5)cc4)cc3OC)cc2)cc1. The third-order valence-electron chi connectivity index (χ3n) is 11.6. The van der Waals surface area contributed by atoms with Crippen molar-refractivity contribution >= 4 is 48.6 Å². The zero-order valence-electron chi connectivity index (χ0n) is 43.7.